The number of benzene rings is 1. The van der Waals surface area contributed by atoms with Crippen molar-refractivity contribution >= 4 is 17.3 Å². The van der Waals surface area contributed by atoms with Gasteiger partial charge in [-0.05, 0) is 12.1 Å². The number of carbonyl (C=O) groups excluding carboxylic acids is 1. The van der Waals surface area contributed by atoms with E-state index >= 15 is 0 Å². The van der Waals surface area contributed by atoms with Crippen molar-refractivity contribution in [2.24, 2.45) is 5.84 Å². The summed E-state index contributed by atoms with van der Waals surface area (Å²) in [4.78, 5) is 11.8. The largest absolute Gasteiger partial charge is 0.323 e. The van der Waals surface area contributed by atoms with Crippen molar-refractivity contribution < 1.29 is 4.79 Å². The Kier molecular flexibility index (Phi) is 2.84. The van der Waals surface area contributed by atoms with Crippen LogP contribution in [0, 0.1) is 0 Å². The van der Waals surface area contributed by atoms with Gasteiger partial charge in [-0.1, -0.05) is 12.1 Å². The number of hydrogen-bond donors (Lipinski definition) is 4. The van der Waals surface area contributed by atoms with Gasteiger partial charge in [-0.15, -0.1) is 0 Å². The third-order valence-corrected chi connectivity index (χ3v) is 2.08. The van der Waals surface area contributed by atoms with Crippen LogP contribution in [0.3, 0.4) is 0 Å². The molecule has 6 nitrogen and oxygen atoms in total. The molecule has 0 saturated carbocycles. The normalized spacial score (nSPS) is 9.81. The smallest absolute Gasteiger partial charge is 0.257 e. The average molecular weight is 217 g/mol. The minimum absolute atomic E-state index is 0.241. The lowest BCUT2D eigenvalue weighted by Crippen LogP contribution is -2.16. The van der Waals surface area contributed by atoms with Crippen LogP contribution in [-0.4, -0.2) is 16.1 Å². The van der Waals surface area contributed by atoms with Gasteiger partial charge in [0.15, 0.2) is 0 Å². The summed E-state index contributed by atoms with van der Waals surface area (Å²) in [5, 5.41) is 9.03. The number of H-pyrrole nitrogens is 1. The summed E-state index contributed by atoms with van der Waals surface area (Å²) in [5.74, 6) is 5.07. The van der Waals surface area contributed by atoms with E-state index in [-0.39, 0.29) is 5.91 Å². The highest BCUT2D eigenvalue weighted by Gasteiger charge is 2.10. The van der Waals surface area contributed by atoms with Crippen LogP contribution in [0.25, 0.3) is 0 Å². The number of aromatic amines is 1. The number of nitrogens with two attached hydrogens (primary N) is 1. The van der Waals surface area contributed by atoms with Gasteiger partial charge in [0.2, 0.25) is 0 Å². The molecule has 0 saturated heterocycles. The van der Waals surface area contributed by atoms with Crippen LogP contribution in [0.2, 0.25) is 0 Å². The zero-order valence-electron chi connectivity index (χ0n) is 8.40. The van der Waals surface area contributed by atoms with E-state index in [0.29, 0.717) is 16.9 Å². The van der Waals surface area contributed by atoms with E-state index in [9.17, 15) is 4.79 Å². The van der Waals surface area contributed by atoms with Gasteiger partial charge >= 0.3 is 0 Å². The molecule has 1 amide bonds. The second kappa shape index (κ2) is 4.45. The Bertz CT molecular complexity index is 480. The number of anilines is 2. The first-order chi connectivity index (χ1) is 7.81. The number of nitrogens with one attached hydrogen (secondary N) is 3. The first-order valence-electron chi connectivity index (χ1n) is 4.67. The first-order valence-corrected chi connectivity index (χ1v) is 4.67. The van der Waals surface area contributed by atoms with Crippen LogP contribution >= 0.6 is 0 Å². The molecule has 0 aliphatic carbocycles. The maximum atomic E-state index is 11.8. The molecule has 6 heteroatoms. The number of amides is 1. The molecule has 0 unspecified atom stereocenters. The van der Waals surface area contributed by atoms with Crippen LogP contribution in [-0.2, 0) is 0 Å². The maximum absolute atomic E-state index is 11.8. The van der Waals surface area contributed by atoms with E-state index in [1.165, 1.54) is 6.20 Å². The summed E-state index contributed by atoms with van der Waals surface area (Å²) in [7, 11) is 0. The molecule has 0 aliphatic heterocycles. The molecule has 0 radical (unpaired) electrons. The molecule has 16 heavy (non-hydrogen) atoms. The minimum atomic E-state index is -0.241. The molecule has 82 valence electrons. The second-order valence-corrected chi connectivity index (χ2v) is 3.13. The number of nitrogens with zero attached hydrogens (tertiary/aromatic N) is 1. The Balaban J connectivity index is 2.21. The molecule has 1 aromatic carbocycles. The number of rotatable bonds is 3. The van der Waals surface area contributed by atoms with Crippen LogP contribution in [0.4, 0.5) is 11.4 Å². The van der Waals surface area contributed by atoms with Crippen LogP contribution in [0.5, 0.6) is 0 Å². The lowest BCUT2D eigenvalue weighted by Gasteiger charge is -2.07. The van der Waals surface area contributed by atoms with Gasteiger partial charge in [0.25, 0.3) is 5.91 Å². The lowest BCUT2D eigenvalue weighted by atomic mass is 10.1. The molecule has 5 N–H and O–H groups in total. The summed E-state index contributed by atoms with van der Waals surface area (Å²) in [6, 6.07) is 6.98. The lowest BCUT2D eigenvalue weighted by molar-refractivity contribution is 0.102. The van der Waals surface area contributed by atoms with Crippen molar-refractivity contribution in [3.05, 3.63) is 42.2 Å². The van der Waals surface area contributed by atoms with E-state index in [2.05, 4.69) is 20.9 Å². The van der Waals surface area contributed by atoms with Gasteiger partial charge in [-0.3, -0.25) is 15.7 Å². The first kappa shape index (κ1) is 10.2. The zero-order chi connectivity index (χ0) is 11.4. The number of nitrogen functional groups attached to an aromatic ring is 1. The zero-order valence-corrected chi connectivity index (χ0v) is 8.40. The van der Waals surface area contributed by atoms with Gasteiger partial charge in [-0.2, -0.15) is 5.10 Å². The van der Waals surface area contributed by atoms with Crippen LogP contribution < -0.4 is 16.6 Å². The van der Waals surface area contributed by atoms with Crippen molar-refractivity contribution in [2.75, 3.05) is 10.7 Å². The highest BCUT2D eigenvalue weighted by molar-refractivity contribution is 6.07. The number of aromatic nitrogens is 2. The molecule has 0 aliphatic rings. The third-order valence-electron chi connectivity index (χ3n) is 2.08. The van der Waals surface area contributed by atoms with Gasteiger partial charge < -0.3 is 10.7 Å². The Morgan fingerprint density at radius 1 is 1.38 bits per heavy atom. The SMILES string of the molecule is NNc1ccccc1C(=O)Nc1cn[nH]c1. The monoisotopic (exact) mass is 217 g/mol. The topological polar surface area (TPSA) is 95.8 Å². The van der Waals surface area contributed by atoms with Gasteiger partial charge in [0.05, 0.1) is 23.1 Å². The fraction of sp³-hybridized carbons (Fsp3) is 0. The average Bonchev–Trinajstić information content (AvgIpc) is 2.81. The standard InChI is InChI=1S/C10H11N5O/c11-15-9-4-2-1-3-8(9)10(16)14-7-5-12-13-6-7/h1-6,15H,11H2,(H,12,13)(H,14,16). The number of carbonyl (C=O) groups is 1. The van der Waals surface area contributed by atoms with Gasteiger partial charge in [-0.25, -0.2) is 0 Å². The third kappa shape index (κ3) is 2.01. The molecule has 0 atom stereocenters. The summed E-state index contributed by atoms with van der Waals surface area (Å²) in [5.41, 5.74) is 4.13. The summed E-state index contributed by atoms with van der Waals surface area (Å²) < 4.78 is 0. The Morgan fingerprint density at radius 2 is 2.19 bits per heavy atom. The van der Waals surface area contributed by atoms with E-state index in [0.717, 1.165) is 0 Å². The maximum Gasteiger partial charge on any atom is 0.257 e. The minimum Gasteiger partial charge on any atom is -0.323 e. The molecule has 1 aromatic heterocycles. The van der Waals surface area contributed by atoms with Gasteiger partial charge in [0.1, 0.15) is 0 Å². The fourth-order valence-corrected chi connectivity index (χ4v) is 1.32. The fourth-order valence-electron chi connectivity index (χ4n) is 1.32. The van der Waals surface area contributed by atoms with E-state index < -0.39 is 0 Å². The highest BCUT2D eigenvalue weighted by Crippen LogP contribution is 2.15. The molecular weight excluding hydrogens is 206 g/mol. The predicted octanol–water partition coefficient (Wildman–Crippen LogP) is 0.948. The summed E-state index contributed by atoms with van der Waals surface area (Å²) >= 11 is 0. The number of hydrazine groups is 1. The molecule has 0 bridgehead atoms. The summed E-state index contributed by atoms with van der Waals surface area (Å²) in [6.07, 6.45) is 3.12. The summed E-state index contributed by atoms with van der Waals surface area (Å²) in [6.45, 7) is 0. The van der Waals surface area contributed by atoms with E-state index in [1.807, 2.05) is 0 Å². The molecule has 0 fully saturated rings. The Labute approximate surface area is 91.8 Å². The number of hydrogen-bond acceptors (Lipinski definition) is 4. The molecule has 2 rings (SSSR count). The molecule has 1 heterocycles. The van der Waals surface area contributed by atoms with Crippen molar-refractivity contribution in [2.45, 2.75) is 0 Å². The predicted molar refractivity (Wildman–Crippen MR) is 60.8 cm³/mol. The highest BCUT2D eigenvalue weighted by atomic mass is 16.1. The van der Waals surface area contributed by atoms with Gasteiger partial charge in [0, 0.05) is 6.20 Å². The molecule has 2 aromatic rings. The Hall–Kier alpha value is -2.34. The van der Waals surface area contributed by atoms with Crippen molar-refractivity contribution in [3.63, 3.8) is 0 Å². The second-order valence-electron chi connectivity index (χ2n) is 3.13. The molecular formula is C10H11N5O. The van der Waals surface area contributed by atoms with Crippen molar-refractivity contribution in [1.82, 2.24) is 10.2 Å². The van der Waals surface area contributed by atoms with Crippen LogP contribution in [0.1, 0.15) is 10.4 Å². The van der Waals surface area contributed by atoms with Crippen molar-refractivity contribution in [1.29, 1.82) is 0 Å². The molecule has 0 spiro atoms. The Morgan fingerprint density at radius 3 is 2.88 bits per heavy atom. The van der Waals surface area contributed by atoms with Crippen LogP contribution in [0.15, 0.2) is 36.7 Å². The van der Waals surface area contributed by atoms with Crippen molar-refractivity contribution in [3.8, 4) is 0 Å². The van der Waals surface area contributed by atoms with E-state index in [4.69, 9.17) is 5.84 Å². The quantitative estimate of drug-likeness (QED) is 0.454. The number of para-hydroxylation sites is 1. The van der Waals surface area contributed by atoms with E-state index in [1.54, 1.807) is 30.5 Å².